The molecule has 0 unspecified atom stereocenters. The van der Waals surface area contributed by atoms with Gasteiger partial charge in [-0.05, 0) is 31.3 Å². The molecule has 0 aliphatic rings. The summed E-state index contributed by atoms with van der Waals surface area (Å²) in [5, 5.41) is 4.31. The number of methoxy groups -OCH3 is 1. The number of hydrogen-bond acceptors (Lipinski definition) is 3. The van der Waals surface area contributed by atoms with Crippen LogP contribution in [0.15, 0.2) is 34.8 Å². The Kier molecular flexibility index (Phi) is 6.38. The van der Waals surface area contributed by atoms with Gasteiger partial charge < -0.3 is 14.8 Å². The number of benzene rings is 2. The van der Waals surface area contributed by atoms with Crippen LogP contribution in [0, 0.1) is 0 Å². The maximum atomic E-state index is 6.18. The van der Waals surface area contributed by atoms with Crippen molar-refractivity contribution in [3.8, 4) is 11.5 Å². The number of rotatable bonds is 6. The predicted octanol–water partition coefficient (Wildman–Crippen LogP) is 5.06. The van der Waals surface area contributed by atoms with Crippen LogP contribution in [0.5, 0.6) is 11.5 Å². The van der Waals surface area contributed by atoms with Crippen LogP contribution in [0.4, 0.5) is 0 Å². The molecule has 3 nitrogen and oxygen atoms in total. The van der Waals surface area contributed by atoms with Crippen molar-refractivity contribution < 1.29 is 9.47 Å². The molecule has 0 aromatic heterocycles. The Morgan fingerprint density at radius 1 is 1.18 bits per heavy atom. The van der Waals surface area contributed by atoms with Gasteiger partial charge in [-0.1, -0.05) is 45.2 Å². The second kappa shape index (κ2) is 8.06. The molecule has 0 spiro atoms. The SMILES string of the molecule is CNCc1c(Br)ccc(OC)c1OCc1ccc(Cl)cc1Cl. The van der Waals surface area contributed by atoms with Gasteiger partial charge in [-0.25, -0.2) is 0 Å². The monoisotopic (exact) mass is 403 g/mol. The zero-order chi connectivity index (χ0) is 16.1. The van der Waals surface area contributed by atoms with Crippen LogP contribution < -0.4 is 14.8 Å². The minimum atomic E-state index is 0.333. The van der Waals surface area contributed by atoms with Crippen LogP contribution in [0.25, 0.3) is 0 Å². The molecule has 0 radical (unpaired) electrons. The first-order valence-corrected chi connectivity index (χ1v) is 8.18. The Hall–Kier alpha value is -0.940. The minimum absolute atomic E-state index is 0.333. The van der Waals surface area contributed by atoms with E-state index >= 15 is 0 Å². The minimum Gasteiger partial charge on any atom is -0.493 e. The van der Waals surface area contributed by atoms with Gasteiger partial charge in [-0.15, -0.1) is 0 Å². The number of hydrogen-bond donors (Lipinski definition) is 1. The van der Waals surface area contributed by atoms with E-state index in [-0.39, 0.29) is 0 Å². The Morgan fingerprint density at radius 3 is 2.59 bits per heavy atom. The molecular weight excluding hydrogens is 389 g/mol. The molecule has 22 heavy (non-hydrogen) atoms. The molecule has 0 bridgehead atoms. The van der Waals surface area contributed by atoms with E-state index in [2.05, 4.69) is 21.2 Å². The number of nitrogens with one attached hydrogen (secondary N) is 1. The standard InChI is InChI=1S/C16H16BrCl2NO2/c1-20-8-12-13(17)5-6-15(21-2)16(12)22-9-10-3-4-11(18)7-14(10)19/h3-7,20H,8-9H2,1-2H3. The van der Waals surface area contributed by atoms with Gasteiger partial charge in [-0.2, -0.15) is 0 Å². The first kappa shape index (κ1) is 17.4. The van der Waals surface area contributed by atoms with Gasteiger partial charge in [0.1, 0.15) is 6.61 Å². The van der Waals surface area contributed by atoms with Crippen molar-refractivity contribution in [1.29, 1.82) is 0 Å². The van der Waals surface area contributed by atoms with Crippen molar-refractivity contribution in [2.45, 2.75) is 13.2 Å². The van der Waals surface area contributed by atoms with Gasteiger partial charge in [0.2, 0.25) is 0 Å². The van der Waals surface area contributed by atoms with Gasteiger partial charge in [-0.3, -0.25) is 0 Å². The van der Waals surface area contributed by atoms with Crippen LogP contribution in [-0.2, 0) is 13.2 Å². The lowest BCUT2D eigenvalue weighted by molar-refractivity contribution is 0.280. The molecule has 0 saturated heterocycles. The molecule has 0 amide bonds. The van der Waals surface area contributed by atoms with Crippen LogP contribution in [0.3, 0.4) is 0 Å². The smallest absolute Gasteiger partial charge is 0.167 e. The first-order valence-electron chi connectivity index (χ1n) is 6.63. The summed E-state index contributed by atoms with van der Waals surface area (Å²) in [5.41, 5.74) is 1.86. The molecule has 0 saturated carbocycles. The average molecular weight is 405 g/mol. The van der Waals surface area contributed by atoms with E-state index in [1.807, 2.05) is 25.2 Å². The number of ether oxygens (including phenoxy) is 2. The third kappa shape index (κ3) is 4.07. The first-order chi connectivity index (χ1) is 10.6. The fraction of sp³-hybridized carbons (Fsp3) is 0.250. The molecule has 1 N–H and O–H groups in total. The van der Waals surface area contributed by atoms with Crippen LogP contribution in [-0.4, -0.2) is 14.2 Å². The van der Waals surface area contributed by atoms with Crippen molar-refractivity contribution in [1.82, 2.24) is 5.32 Å². The molecule has 2 aromatic carbocycles. The summed E-state index contributed by atoms with van der Waals surface area (Å²) in [6.45, 7) is 0.987. The van der Waals surface area contributed by atoms with E-state index in [1.165, 1.54) is 0 Å². The molecule has 2 aromatic rings. The lowest BCUT2D eigenvalue weighted by atomic mass is 10.1. The number of halogens is 3. The topological polar surface area (TPSA) is 30.5 Å². The maximum Gasteiger partial charge on any atom is 0.167 e. The van der Waals surface area contributed by atoms with Crippen molar-refractivity contribution in [2.24, 2.45) is 0 Å². The molecule has 0 aliphatic carbocycles. The summed E-state index contributed by atoms with van der Waals surface area (Å²) in [6, 6.07) is 9.15. The van der Waals surface area contributed by atoms with Gasteiger partial charge in [0.15, 0.2) is 11.5 Å². The van der Waals surface area contributed by atoms with Crippen LogP contribution >= 0.6 is 39.1 Å². The summed E-state index contributed by atoms with van der Waals surface area (Å²) in [4.78, 5) is 0. The molecule has 2 rings (SSSR count). The van der Waals surface area contributed by atoms with E-state index in [0.717, 1.165) is 15.6 Å². The van der Waals surface area contributed by atoms with Gasteiger partial charge in [0.25, 0.3) is 0 Å². The largest absolute Gasteiger partial charge is 0.493 e. The van der Waals surface area contributed by atoms with E-state index in [4.69, 9.17) is 32.7 Å². The molecule has 118 valence electrons. The Bertz CT molecular complexity index is 665. The second-order valence-electron chi connectivity index (χ2n) is 4.61. The van der Waals surface area contributed by atoms with Gasteiger partial charge in [0.05, 0.1) is 7.11 Å². The Morgan fingerprint density at radius 2 is 1.95 bits per heavy atom. The van der Waals surface area contributed by atoms with E-state index in [1.54, 1.807) is 19.2 Å². The van der Waals surface area contributed by atoms with Crippen LogP contribution in [0.1, 0.15) is 11.1 Å². The summed E-state index contributed by atoms with van der Waals surface area (Å²) in [5.74, 6) is 1.37. The third-order valence-electron chi connectivity index (χ3n) is 3.13. The fourth-order valence-corrected chi connectivity index (χ4v) is 2.95. The highest BCUT2D eigenvalue weighted by molar-refractivity contribution is 9.10. The molecule has 0 aliphatic heterocycles. The van der Waals surface area contributed by atoms with Crippen molar-refractivity contribution in [2.75, 3.05) is 14.2 Å². The Balaban J connectivity index is 2.29. The van der Waals surface area contributed by atoms with Gasteiger partial charge in [0, 0.05) is 32.2 Å². The van der Waals surface area contributed by atoms with Crippen molar-refractivity contribution in [3.63, 3.8) is 0 Å². The maximum absolute atomic E-state index is 6.18. The van der Waals surface area contributed by atoms with Crippen LogP contribution in [0.2, 0.25) is 10.0 Å². The van der Waals surface area contributed by atoms with Crippen molar-refractivity contribution >= 4 is 39.1 Å². The van der Waals surface area contributed by atoms with E-state index in [0.29, 0.717) is 34.7 Å². The second-order valence-corrected chi connectivity index (χ2v) is 6.31. The quantitative estimate of drug-likeness (QED) is 0.729. The molecule has 0 atom stereocenters. The molecular formula is C16H16BrCl2NO2. The predicted molar refractivity (Wildman–Crippen MR) is 94.3 cm³/mol. The van der Waals surface area contributed by atoms with E-state index in [9.17, 15) is 0 Å². The third-order valence-corrected chi connectivity index (χ3v) is 4.46. The average Bonchev–Trinajstić information content (AvgIpc) is 2.49. The summed E-state index contributed by atoms with van der Waals surface area (Å²) in [6.07, 6.45) is 0. The Labute approximate surface area is 148 Å². The molecule has 0 heterocycles. The molecule has 0 fully saturated rings. The summed E-state index contributed by atoms with van der Waals surface area (Å²) < 4.78 is 12.3. The zero-order valence-corrected chi connectivity index (χ0v) is 15.3. The lowest BCUT2D eigenvalue weighted by Gasteiger charge is -2.17. The highest BCUT2D eigenvalue weighted by atomic mass is 79.9. The van der Waals surface area contributed by atoms with Crippen molar-refractivity contribution in [3.05, 3.63) is 56.0 Å². The fourth-order valence-electron chi connectivity index (χ4n) is 2.03. The summed E-state index contributed by atoms with van der Waals surface area (Å²) in [7, 11) is 3.50. The van der Waals surface area contributed by atoms with E-state index < -0.39 is 0 Å². The summed E-state index contributed by atoms with van der Waals surface area (Å²) >= 11 is 15.6. The zero-order valence-electron chi connectivity index (χ0n) is 12.3. The highest BCUT2D eigenvalue weighted by Gasteiger charge is 2.15. The highest BCUT2D eigenvalue weighted by Crippen LogP contribution is 2.37. The molecule has 6 heteroatoms. The van der Waals surface area contributed by atoms with Gasteiger partial charge >= 0.3 is 0 Å². The normalized spacial score (nSPS) is 10.6. The lowest BCUT2D eigenvalue weighted by Crippen LogP contribution is -2.09.